The minimum Gasteiger partial charge on any atom is -0.481 e. The van der Waals surface area contributed by atoms with Crippen LogP contribution in [0.5, 0.6) is 5.88 Å². The summed E-state index contributed by atoms with van der Waals surface area (Å²) in [5.41, 5.74) is 2.07. The zero-order valence-electron chi connectivity index (χ0n) is 11.9. The van der Waals surface area contributed by atoms with Gasteiger partial charge in [0.1, 0.15) is 5.52 Å². The summed E-state index contributed by atoms with van der Waals surface area (Å²) < 4.78 is 5.14. The molecule has 21 heavy (non-hydrogen) atoms. The molecule has 2 N–H and O–H groups in total. The Morgan fingerprint density at radius 1 is 1.33 bits per heavy atom. The van der Waals surface area contributed by atoms with Crippen molar-refractivity contribution < 1.29 is 9.53 Å². The monoisotopic (exact) mass is 286 g/mol. The van der Waals surface area contributed by atoms with Gasteiger partial charge >= 0.3 is 0 Å². The summed E-state index contributed by atoms with van der Waals surface area (Å²) in [6.45, 7) is 1.78. The zero-order chi connectivity index (χ0) is 14.7. The summed E-state index contributed by atoms with van der Waals surface area (Å²) in [7, 11) is 1.57. The number of piperidine rings is 1. The third-order valence-electron chi connectivity index (χ3n) is 3.74. The lowest BCUT2D eigenvalue weighted by Crippen LogP contribution is -2.34. The number of rotatable bonds is 3. The van der Waals surface area contributed by atoms with Crippen LogP contribution in [0.2, 0.25) is 0 Å². The van der Waals surface area contributed by atoms with Gasteiger partial charge in [-0.1, -0.05) is 0 Å². The average molecular weight is 286 g/mol. The number of hydrogen-bond acceptors (Lipinski definition) is 5. The van der Waals surface area contributed by atoms with E-state index < -0.39 is 0 Å². The second-order valence-corrected chi connectivity index (χ2v) is 5.09. The number of methoxy groups -OCH3 is 1. The van der Waals surface area contributed by atoms with Crippen LogP contribution in [0.25, 0.3) is 11.0 Å². The van der Waals surface area contributed by atoms with E-state index in [1.54, 1.807) is 25.4 Å². The summed E-state index contributed by atoms with van der Waals surface area (Å²) >= 11 is 0. The Balaban J connectivity index is 1.87. The number of fused-ring (bicyclic) bond motifs is 1. The van der Waals surface area contributed by atoms with E-state index in [-0.39, 0.29) is 11.8 Å². The summed E-state index contributed by atoms with van der Waals surface area (Å²) in [6.07, 6.45) is 3.41. The Morgan fingerprint density at radius 2 is 2.14 bits per heavy atom. The maximum atomic E-state index is 12.3. The molecule has 110 valence electrons. The number of amides is 1. The molecular formula is C15H18N4O2. The van der Waals surface area contributed by atoms with Crippen LogP contribution >= 0.6 is 0 Å². The molecular weight excluding hydrogens is 268 g/mol. The van der Waals surface area contributed by atoms with Crippen LogP contribution in [-0.2, 0) is 4.79 Å². The molecule has 3 rings (SSSR count). The van der Waals surface area contributed by atoms with Gasteiger partial charge in [-0.25, -0.2) is 4.98 Å². The van der Waals surface area contributed by atoms with E-state index in [0.717, 1.165) is 31.4 Å². The maximum Gasteiger partial charge on any atom is 0.227 e. The number of aromatic nitrogens is 2. The van der Waals surface area contributed by atoms with Crippen LogP contribution < -0.4 is 15.4 Å². The van der Waals surface area contributed by atoms with Gasteiger partial charge in [-0.2, -0.15) is 0 Å². The first-order chi connectivity index (χ1) is 10.3. The quantitative estimate of drug-likeness (QED) is 0.896. The molecule has 6 nitrogen and oxygen atoms in total. The minimum atomic E-state index is 0.0496. The number of pyridine rings is 2. The lowest BCUT2D eigenvalue weighted by Gasteiger charge is -2.21. The van der Waals surface area contributed by atoms with Crippen molar-refractivity contribution in [1.82, 2.24) is 15.3 Å². The van der Waals surface area contributed by atoms with E-state index in [0.29, 0.717) is 17.1 Å². The van der Waals surface area contributed by atoms with Crippen molar-refractivity contribution in [2.24, 2.45) is 5.92 Å². The number of carbonyl (C=O) groups excluding carboxylic acids is 1. The smallest absolute Gasteiger partial charge is 0.227 e. The molecule has 0 spiro atoms. The summed E-state index contributed by atoms with van der Waals surface area (Å²) in [5, 5.41) is 6.24. The Bertz CT molecular complexity index is 653. The fourth-order valence-electron chi connectivity index (χ4n) is 2.54. The first-order valence-electron chi connectivity index (χ1n) is 7.09. The fraction of sp³-hybridized carbons (Fsp3) is 0.400. The molecule has 1 aliphatic rings. The van der Waals surface area contributed by atoms with Gasteiger partial charge < -0.3 is 15.4 Å². The molecule has 0 atom stereocenters. The molecule has 3 heterocycles. The van der Waals surface area contributed by atoms with Crippen molar-refractivity contribution in [2.75, 3.05) is 25.5 Å². The zero-order valence-corrected chi connectivity index (χ0v) is 11.9. The van der Waals surface area contributed by atoms with Gasteiger partial charge in [0.2, 0.25) is 11.8 Å². The van der Waals surface area contributed by atoms with Gasteiger partial charge in [-0.15, -0.1) is 0 Å². The number of anilines is 1. The summed E-state index contributed by atoms with van der Waals surface area (Å²) in [4.78, 5) is 21.0. The molecule has 0 radical (unpaired) electrons. The standard InChI is InChI=1S/C15H18N4O2/c1-21-13-3-2-11-14(19-13)12(6-9-17-11)18-15(20)10-4-7-16-8-5-10/h2-3,6,9-10,16H,4-5,7-8H2,1H3,(H,17,18,20). The van der Waals surface area contributed by atoms with Crippen molar-refractivity contribution in [3.63, 3.8) is 0 Å². The molecule has 1 saturated heterocycles. The van der Waals surface area contributed by atoms with Crippen LogP contribution in [0, 0.1) is 5.92 Å². The topological polar surface area (TPSA) is 76.1 Å². The van der Waals surface area contributed by atoms with Crippen molar-refractivity contribution in [3.8, 4) is 5.88 Å². The SMILES string of the molecule is COc1ccc2nccc(NC(=O)C3CCNCC3)c2n1. The number of nitrogens with zero attached hydrogens (tertiary/aromatic N) is 2. The third-order valence-corrected chi connectivity index (χ3v) is 3.74. The van der Waals surface area contributed by atoms with Crippen molar-refractivity contribution >= 4 is 22.6 Å². The molecule has 6 heteroatoms. The summed E-state index contributed by atoms with van der Waals surface area (Å²) in [6, 6.07) is 5.36. The predicted molar refractivity (Wildman–Crippen MR) is 80.3 cm³/mol. The van der Waals surface area contributed by atoms with Crippen LogP contribution in [0.1, 0.15) is 12.8 Å². The van der Waals surface area contributed by atoms with Gasteiger partial charge in [-0.05, 0) is 38.1 Å². The molecule has 0 bridgehead atoms. The van der Waals surface area contributed by atoms with Crippen LogP contribution in [0.15, 0.2) is 24.4 Å². The number of ether oxygens (including phenoxy) is 1. The number of nitrogens with one attached hydrogen (secondary N) is 2. The van der Waals surface area contributed by atoms with E-state index in [1.165, 1.54) is 0 Å². The molecule has 1 aliphatic heterocycles. The predicted octanol–water partition coefficient (Wildman–Crippen LogP) is 1.58. The lowest BCUT2D eigenvalue weighted by molar-refractivity contribution is -0.120. The third kappa shape index (κ3) is 2.95. The van der Waals surface area contributed by atoms with Gasteiger partial charge in [0, 0.05) is 18.2 Å². The van der Waals surface area contributed by atoms with Crippen LogP contribution in [0.4, 0.5) is 5.69 Å². The number of carbonyl (C=O) groups is 1. The Hall–Kier alpha value is -2.21. The molecule has 1 fully saturated rings. The molecule has 0 aromatic carbocycles. The highest BCUT2D eigenvalue weighted by molar-refractivity contribution is 6.00. The van der Waals surface area contributed by atoms with Gasteiger partial charge in [0.05, 0.1) is 18.3 Å². The van der Waals surface area contributed by atoms with Crippen molar-refractivity contribution in [1.29, 1.82) is 0 Å². The highest BCUT2D eigenvalue weighted by Gasteiger charge is 2.21. The first-order valence-corrected chi connectivity index (χ1v) is 7.09. The van der Waals surface area contributed by atoms with E-state index in [1.807, 2.05) is 6.07 Å². The Morgan fingerprint density at radius 3 is 2.90 bits per heavy atom. The van der Waals surface area contributed by atoms with Gasteiger partial charge in [0.15, 0.2) is 0 Å². The minimum absolute atomic E-state index is 0.0496. The highest BCUT2D eigenvalue weighted by Crippen LogP contribution is 2.23. The van der Waals surface area contributed by atoms with Crippen molar-refractivity contribution in [3.05, 3.63) is 24.4 Å². The normalized spacial score (nSPS) is 15.9. The Labute approximate surface area is 122 Å². The molecule has 1 amide bonds. The second-order valence-electron chi connectivity index (χ2n) is 5.09. The molecule has 2 aromatic rings. The van der Waals surface area contributed by atoms with E-state index in [2.05, 4.69) is 20.6 Å². The average Bonchev–Trinajstić information content (AvgIpc) is 2.55. The molecule has 2 aromatic heterocycles. The first kappa shape index (κ1) is 13.8. The summed E-state index contributed by atoms with van der Waals surface area (Å²) in [5.74, 6) is 0.613. The van der Waals surface area contributed by atoms with Crippen LogP contribution in [-0.4, -0.2) is 36.1 Å². The fourth-order valence-corrected chi connectivity index (χ4v) is 2.54. The Kier molecular flexibility index (Phi) is 3.96. The molecule has 0 unspecified atom stereocenters. The highest BCUT2D eigenvalue weighted by atomic mass is 16.5. The van der Waals surface area contributed by atoms with E-state index >= 15 is 0 Å². The molecule has 0 saturated carbocycles. The largest absolute Gasteiger partial charge is 0.481 e. The molecule has 0 aliphatic carbocycles. The van der Waals surface area contributed by atoms with E-state index in [4.69, 9.17) is 4.74 Å². The van der Waals surface area contributed by atoms with E-state index in [9.17, 15) is 4.79 Å². The lowest BCUT2D eigenvalue weighted by atomic mass is 9.97. The van der Waals surface area contributed by atoms with Gasteiger partial charge in [-0.3, -0.25) is 9.78 Å². The van der Waals surface area contributed by atoms with Gasteiger partial charge in [0.25, 0.3) is 0 Å². The van der Waals surface area contributed by atoms with Crippen LogP contribution in [0.3, 0.4) is 0 Å². The van der Waals surface area contributed by atoms with Crippen molar-refractivity contribution in [2.45, 2.75) is 12.8 Å². The second kappa shape index (κ2) is 6.05. The number of hydrogen-bond donors (Lipinski definition) is 2. The maximum absolute atomic E-state index is 12.3.